The first-order valence-corrected chi connectivity index (χ1v) is 9.90. The van der Waals surface area contributed by atoms with E-state index in [0.29, 0.717) is 11.7 Å². The van der Waals surface area contributed by atoms with Gasteiger partial charge in [-0.25, -0.2) is 9.48 Å². The molecule has 1 aliphatic heterocycles. The van der Waals surface area contributed by atoms with Crippen molar-refractivity contribution < 1.29 is 4.79 Å². The lowest BCUT2D eigenvalue weighted by molar-refractivity contribution is -0.119. The molecule has 3 rings (SSSR count). The maximum atomic E-state index is 12.8. The topological polar surface area (TPSA) is 107 Å². The largest absolute Gasteiger partial charge is 0.346 e. The third kappa shape index (κ3) is 3.70. The monoisotopic (exact) mass is 379 g/mol. The second-order valence-corrected chi connectivity index (χ2v) is 7.44. The number of nitrogens with zero attached hydrogens (tertiary/aromatic N) is 5. The lowest BCUT2D eigenvalue weighted by Gasteiger charge is -2.21. The third-order valence-electron chi connectivity index (χ3n) is 4.68. The van der Waals surface area contributed by atoms with Crippen LogP contribution in [0, 0.1) is 0 Å². The van der Waals surface area contributed by atoms with E-state index in [4.69, 9.17) is 0 Å². The fourth-order valence-electron chi connectivity index (χ4n) is 3.13. The van der Waals surface area contributed by atoms with Gasteiger partial charge in [0.05, 0.1) is 0 Å². The van der Waals surface area contributed by atoms with Gasteiger partial charge in [-0.1, -0.05) is 18.3 Å². The van der Waals surface area contributed by atoms with Gasteiger partial charge < -0.3 is 5.32 Å². The normalized spacial score (nSPS) is 16.6. The summed E-state index contributed by atoms with van der Waals surface area (Å²) in [7, 11) is 0. The highest BCUT2D eigenvalue weighted by Gasteiger charge is 2.27. The Labute approximate surface area is 155 Å². The molecule has 1 saturated heterocycles. The molecule has 1 amide bonds. The summed E-state index contributed by atoms with van der Waals surface area (Å²) in [6, 6.07) is -0.718. The number of piperidine rings is 1. The molecule has 26 heavy (non-hydrogen) atoms. The zero-order valence-corrected chi connectivity index (χ0v) is 16.2. The van der Waals surface area contributed by atoms with Gasteiger partial charge in [-0.3, -0.25) is 14.7 Å². The average molecular weight is 379 g/mol. The fourth-order valence-corrected chi connectivity index (χ4v) is 3.81. The molecule has 2 aromatic heterocycles. The van der Waals surface area contributed by atoms with Gasteiger partial charge in [0.15, 0.2) is 0 Å². The minimum atomic E-state index is -0.718. The molecule has 3 heterocycles. The van der Waals surface area contributed by atoms with Crippen molar-refractivity contribution in [3.8, 4) is 0 Å². The van der Waals surface area contributed by atoms with E-state index in [0.717, 1.165) is 43.2 Å². The van der Waals surface area contributed by atoms with Crippen molar-refractivity contribution in [3.63, 3.8) is 0 Å². The summed E-state index contributed by atoms with van der Waals surface area (Å²) >= 11 is 1.34. The number of aryl methyl sites for hydroxylation is 1. The number of hydrogen-bond acceptors (Lipinski definition) is 7. The molecule has 9 nitrogen and oxygen atoms in total. The smallest absolute Gasteiger partial charge is 0.317 e. The summed E-state index contributed by atoms with van der Waals surface area (Å²) in [6.07, 6.45) is 2.66. The Hall–Kier alpha value is -2.07. The summed E-state index contributed by atoms with van der Waals surface area (Å²) in [5.74, 6) is 0.710. The molecule has 0 saturated carbocycles. The second kappa shape index (κ2) is 8.09. The van der Waals surface area contributed by atoms with E-state index in [2.05, 4.69) is 25.9 Å². The Bertz CT molecular complexity index is 819. The van der Waals surface area contributed by atoms with Crippen molar-refractivity contribution in [2.24, 2.45) is 0 Å². The molecule has 0 aliphatic carbocycles. The number of anilines is 1. The summed E-state index contributed by atoms with van der Waals surface area (Å²) in [6.45, 7) is 7.97. The van der Waals surface area contributed by atoms with E-state index < -0.39 is 6.04 Å². The Morgan fingerprint density at radius 1 is 1.35 bits per heavy atom. The number of hydrogen-bond donors (Lipinski definition) is 2. The SMILES string of the molecule is CCc1nnc(NC(=O)[C@@H](C)n2nc(C3CCNCC3)n(CC)c2=O)s1. The van der Waals surface area contributed by atoms with Crippen molar-refractivity contribution in [1.82, 2.24) is 29.9 Å². The molecule has 0 radical (unpaired) electrons. The first-order chi connectivity index (χ1) is 12.5. The molecule has 1 fully saturated rings. The standard InChI is InChI=1S/C16H25N7O2S/c1-4-12-19-20-15(26-12)18-14(24)10(3)23-16(25)22(5-2)13(21-23)11-6-8-17-9-7-11/h10-11,17H,4-9H2,1-3H3,(H,18,20,24)/t10-/m1/s1. The minimum absolute atomic E-state index is 0.241. The zero-order valence-electron chi connectivity index (χ0n) is 15.4. The van der Waals surface area contributed by atoms with Gasteiger partial charge in [-0.15, -0.1) is 10.2 Å². The second-order valence-electron chi connectivity index (χ2n) is 6.37. The zero-order chi connectivity index (χ0) is 18.7. The quantitative estimate of drug-likeness (QED) is 0.780. The Balaban J connectivity index is 1.81. The molecular weight excluding hydrogens is 354 g/mol. The number of nitrogens with one attached hydrogen (secondary N) is 2. The predicted molar refractivity (Wildman–Crippen MR) is 99.6 cm³/mol. The van der Waals surface area contributed by atoms with Crippen LogP contribution in [0.1, 0.15) is 56.4 Å². The summed E-state index contributed by atoms with van der Waals surface area (Å²) in [5, 5.41) is 19.8. The van der Waals surface area contributed by atoms with Gasteiger partial charge in [-0.05, 0) is 46.2 Å². The number of carbonyl (C=O) groups is 1. The van der Waals surface area contributed by atoms with Gasteiger partial charge in [0.25, 0.3) is 5.91 Å². The molecule has 142 valence electrons. The van der Waals surface area contributed by atoms with Crippen molar-refractivity contribution in [1.29, 1.82) is 0 Å². The number of aromatic nitrogens is 5. The number of amides is 1. The highest BCUT2D eigenvalue weighted by Crippen LogP contribution is 2.23. The fraction of sp³-hybridized carbons (Fsp3) is 0.688. The molecule has 1 atom stereocenters. The summed E-state index contributed by atoms with van der Waals surface area (Å²) < 4.78 is 2.97. The van der Waals surface area contributed by atoms with Gasteiger partial charge in [0.2, 0.25) is 5.13 Å². The highest BCUT2D eigenvalue weighted by molar-refractivity contribution is 7.15. The lowest BCUT2D eigenvalue weighted by Crippen LogP contribution is -2.33. The van der Waals surface area contributed by atoms with Crippen molar-refractivity contribution >= 4 is 22.4 Å². The molecule has 10 heteroatoms. The van der Waals surface area contributed by atoms with Gasteiger partial charge in [0, 0.05) is 12.5 Å². The van der Waals surface area contributed by atoms with E-state index in [-0.39, 0.29) is 17.5 Å². The molecule has 0 spiro atoms. The van der Waals surface area contributed by atoms with Gasteiger partial charge in [0.1, 0.15) is 16.9 Å². The predicted octanol–water partition coefficient (Wildman–Crippen LogP) is 1.15. The maximum absolute atomic E-state index is 12.8. The Morgan fingerprint density at radius 2 is 2.08 bits per heavy atom. The van der Waals surface area contributed by atoms with Crippen LogP contribution in [-0.2, 0) is 17.8 Å². The summed E-state index contributed by atoms with van der Waals surface area (Å²) in [4.78, 5) is 25.3. The number of carbonyl (C=O) groups excluding carboxylic acids is 1. The first kappa shape index (κ1) is 18.7. The van der Waals surface area contributed by atoms with Crippen LogP contribution in [0.2, 0.25) is 0 Å². The minimum Gasteiger partial charge on any atom is -0.317 e. The van der Waals surface area contributed by atoms with Crippen LogP contribution in [0.25, 0.3) is 0 Å². The average Bonchev–Trinajstić information content (AvgIpc) is 3.25. The summed E-state index contributed by atoms with van der Waals surface area (Å²) in [5.41, 5.74) is -0.241. The Morgan fingerprint density at radius 3 is 2.69 bits per heavy atom. The molecule has 2 N–H and O–H groups in total. The van der Waals surface area contributed by atoms with Crippen LogP contribution in [0.3, 0.4) is 0 Å². The molecular formula is C16H25N7O2S. The third-order valence-corrected chi connectivity index (χ3v) is 5.66. The van der Waals surface area contributed by atoms with Crippen LogP contribution < -0.4 is 16.3 Å². The number of rotatable bonds is 6. The first-order valence-electron chi connectivity index (χ1n) is 9.08. The lowest BCUT2D eigenvalue weighted by atomic mass is 9.97. The van der Waals surface area contributed by atoms with E-state index in [1.165, 1.54) is 16.0 Å². The van der Waals surface area contributed by atoms with Gasteiger partial charge >= 0.3 is 5.69 Å². The van der Waals surface area contributed by atoms with Gasteiger partial charge in [-0.2, -0.15) is 5.10 Å². The van der Waals surface area contributed by atoms with Crippen LogP contribution in [0.5, 0.6) is 0 Å². The molecule has 0 aromatic carbocycles. The van der Waals surface area contributed by atoms with Crippen molar-refractivity contribution in [2.45, 2.75) is 58.5 Å². The van der Waals surface area contributed by atoms with Crippen LogP contribution in [0.4, 0.5) is 5.13 Å². The molecule has 1 aliphatic rings. The Kier molecular flexibility index (Phi) is 5.82. The maximum Gasteiger partial charge on any atom is 0.346 e. The van der Waals surface area contributed by atoms with E-state index in [1.54, 1.807) is 11.5 Å². The van der Waals surface area contributed by atoms with E-state index >= 15 is 0 Å². The molecule has 2 aromatic rings. The van der Waals surface area contributed by atoms with E-state index in [9.17, 15) is 9.59 Å². The van der Waals surface area contributed by atoms with Crippen molar-refractivity contribution in [2.75, 3.05) is 18.4 Å². The van der Waals surface area contributed by atoms with Crippen LogP contribution in [0.15, 0.2) is 4.79 Å². The van der Waals surface area contributed by atoms with Crippen LogP contribution >= 0.6 is 11.3 Å². The molecule has 0 bridgehead atoms. The molecule has 0 unspecified atom stereocenters. The highest BCUT2D eigenvalue weighted by atomic mass is 32.1. The van der Waals surface area contributed by atoms with Crippen LogP contribution in [-0.4, -0.2) is 43.5 Å². The van der Waals surface area contributed by atoms with E-state index in [1.807, 2.05) is 13.8 Å². The van der Waals surface area contributed by atoms with Crippen molar-refractivity contribution in [3.05, 3.63) is 21.3 Å².